The molecular formula is C14H24N4. The Morgan fingerprint density at radius 1 is 1.28 bits per heavy atom. The first-order valence-electron chi connectivity index (χ1n) is 6.35. The van der Waals surface area contributed by atoms with E-state index in [0.29, 0.717) is 24.6 Å². The fourth-order valence-corrected chi connectivity index (χ4v) is 1.61. The minimum atomic E-state index is 0.305. The number of para-hydroxylation sites is 1. The van der Waals surface area contributed by atoms with Crippen molar-refractivity contribution in [2.75, 3.05) is 18.5 Å². The minimum Gasteiger partial charge on any atom is -0.370 e. The predicted octanol–water partition coefficient (Wildman–Crippen LogP) is 1.82. The summed E-state index contributed by atoms with van der Waals surface area (Å²) in [4.78, 5) is 6.55. The van der Waals surface area contributed by atoms with Crippen molar-refractivity contribution in [1.82, 2.24) is 5.32 Å². The van der Waals surface area contributed by atoms with Crippen molar-refractivity contribution in [3.63, 3.8) is 0 Å². The molecule has 1 rings (SSSR count). The van der Waals surface area contributed by atoms with Crippen LogP contribution in [-0.4, -0.2) is 31.6 Å². The van der Waals surface area contributed by atoms with Gasteiger partial charge in [-0.25, -0.2) is 0 Å². The molecule has 1 atom stereocenters. The average molecular weight is 248 g/mol. The number of nitrogens with one attached hydrogen (secondary N) is 1. The Balaban J connectivity index is 2.53. The summed E-state index contributed by atoms with van der Waals surface area (Å²) in [7, 11) is 2.07. The average Bonchev–Trinajstić information content (AvgIpc) is 2.35. The SMILES string of the molecule is CC(C)NC(N)=NCC(C)N(C)c1ccccc1. The molecule has 0 aromatic heterocycles. The molecule has 1 aromatic rings. The number of benzene rings is 1. The van der Waals surface area contributed by atoms with E-state index in [0.717, 1.165) is 0 Å². The van der Waals surface area contributed by atoms with Crippen LogP contribution in [-0.2, 0) is 0 Å². The second kappa shape index (κ2) is 6.89. The number of hydrogen-bond acceptors (Lipinski definition) is 2. The van der Waals surface area contributed by atoms with Gasteiger partial charge in [0, 0.05) is 24.8 Å². The molecule has 0 aliphatic rings. The van der Waals surface area contributed by atoms with E-state index in [2.05, 4.69) is 41.3 Å². The largest absolute Gasteiger partial charge is 0.370 e. The number of hydrogen-bond donors (Lipinski definition) is 2. The molecule has 4 nitrogen and oxygen atoms in total. The molecule has 0 radical (unpaired) electrons. The number of nitrogens with two attached hydrogens (primary N) is 1. The maximum absolute atomic E-state index is 5.78. The lowest BCUT2D eigenvalue weighted by atomic mass is 10.2. The van der Waals surface area contributed by atoms with Gasteiger partial charge in [0.15, 0.2) is 5.96 Å². The van der Waals surface area contributed by atoms with Crippen molar-refractivity contribution in [1.29, 1.82) is 0 Å². The topological polar surface area (TPSA) is 53.6 Å². The molecule has 0 aliphatic carbocycles. The molecule has 0 spiro atoms. The Morgan fingerprint density at radius 3 is 2.44 bits per heavy atom. The lowest BCUT2D eigenvalue weighted by Gasteiger charge is -2.26. The summed E-state index contributed by atoms with van der Waals surface area (Å²) in [6, 6.07) is 10.9. The molecular weight excluding hydrogens is 224 g/mol. The van der Waals surface area contributed by atoms with Crippen LogP contribution < -0.4 is 16.0 Å². The van der Waals surface area contributed by atoms with Gasteiger partial charge in [0.2, 0.25) is 0 Å². The highest BCUT2D eigenvalue weighted by atomic mass is 15.2. The van der Waals surface area contributed by atoms with Gasteiger partial charge in [0.05, 0.1) is 6.54 Å². The van der Waals surface area contributed by atoms with Crippen molar-refractivity contribution in [3.05, 3.63) is 30.3 Å². The fourth-order valence-electron chi connectivity index (χ4n) is 1.61. The quantitative estimate of drug-likeness (QED) is 0.617. The highest BCUT2D eigenvalue weighted by Gasteiger charge is 2.09. The van der Waals surface area contributed by atoms with Crippen LogP contribution in [0.4, 0.5) is 5.69 Å². The Hall–Kier alpha value is -1.71. The first kappa shape index (κ1) is 14.4. The predicted molar refractivity (Wildman–Crippen MR) is 79.1 cm³/mol. The molecule has 0 heterocycles. The molecule has 0 saturated heterocycles. The normalized spacial score (nSPS) is 13.5. The molecule has 4 heteroatoms. The van der Waals surface area contributed by atoms with Crippen molar-refractivity contribution in [2.24, 2.45) is 10.7 Å². The van der Waals surface area contributed by atoms with Gasteiger partial charge in [0.25, 0.3) is 0 Å². The summed E-state index contributed by atoms with van der Waals surface area (Å²) in [5, 5.41) is 3.09. The summed E-state index contributed by atoms with van der Waals surface area (Å²) < 4.78 is 0. The van der Waals surface area contributed by atoms with Crippen LogP contribution in [0.15, 0.2) is 35.3 Å². The molecule has 0 amide bonds. The summed E-state index contributed by atoms with van der Waals surface area (Å²) >= 11 is 0. The van der Waals surface area contributed by atoms with Gasteiger partial charge in [-0.3, -0.25) is 4.99 Å². The summed E-state index contributed by atoms with van der Waals surface area (Å²) in [5.41, 5.74) is 6.97. The van der Waals surface area contributed by atoms with Crippen molar-refractivity contribution in [2.45, 2.75) is 32.9 Å². The fraction of sp³-hybridized carbons (Fsp3) is 0.500. The van der Waals surface area contributed by atoms with Crippen LogP contribution >= 0.6 is 0 Å². The summed E-state index contributed by atoms with van der Waals surface area (Å²) in [6.45, 7) is 6.90. The molecule has 100 valence electrons. The van der Waals surface area contributed by atoms with Crippen molar-refractivity contribution in [3.8, 4) is 0 Å². The molecule has 0 bridgehead atoms. The van der Waals surface area contributed by atoms with Crippen LogP contribution in [0.1, 0.15) is 20.8 Å². The summed E-state index contributed by atoms with van der Waals surface area (Å²) in [5.74, 6) is 0.512. The number of nitrogens with zero attached hydrogens (tertiary/aromatic N) is 2. The first-order chi connectivity index (χ1) is 8.50. The zero-order valence-electron chi connectivity index (χ0n) is 11.7. The lowest BCUT2D eigenvalue weighted by Crippen LogP contribution is -2.38. The standard InChI is InChI=1S/C14H24N4/c1-11(2)17-14(15)16-10-12(3)18(4)13-8-6-5-7-9-13/h5-9,11-12H,10H2,1-4H3,(H3,15,16,17). The maximum Gasteiger partial charge on any atom is 0.188 e. The van der Waals surface area contributed by atoms with Crippen LogP contribution in [0.3, 0.4) is 0 Å². The molecule has 3 N–H and O–H groups in total. The van der Waals surface area contributed by atoms with E-state index in [1.165, 1.54) is 5.69 Å². The number of anilines is 1. The Bertz CT molecular complexity index is 373. The van der Waals surface area contributed by atoms with E-state index >= 15 is 0 Å². The Morgan fingerprint density at radius 2 is 1.89 bits per heavy atom. The minimum absolute atomic E-state index is 0.305. The van der Waals surface area contributed by atoms with Crippen molar-refractivity contribution >= 4 is 11.6 Å². The van der Waals surface area contributed by atoms with Crippen LogP contribution in [0, 0.1) is 0 Å². The molecule has 0 fully saturated rings. The summed E-state index contributed by atoms with van der Waals surface area (Å²) in [6.07, 6.45) is 0. The van der Waals surface area contributed by atoms with E-state index in [1.807, 2.05) is 32.0 Å². The Kier molecular flexibility index (Phi) is 5.49. The van der Waals surface area contributed by atoms with E-state index in [4.69, 9.17) is 5.73 Å². The zero-order chi connectivity index (χ0) is 13.5. The smallest absolute Gasteiger partial charge is 0.188 e. The van der Waals surface area contributed by atoms with E-state index in [1.54, 1.807) is 0 Å². The van der Waals surface area contributed by atoms with Gasteiger partial charge < -0.3 is 16.0 Å². The molecule has 0 aliphatic heterocycles. The number of rotatable bonds is 5. The molecule has 1 unspecified atom stereocenters. The second-order valence-electron chi connectivity index (χ2n) is 4.82. The van der Waals surface area contributed by atoms with Crippen LogP contribution in [0.25, 0.3) is 0 Å². The van der Waals surface area contributed by atoms with E-state index < -0.39 is 0 Å². The lowest BCUT2D eigenvalue weighted by molar-refractivity contribution is 0.681. The number of aliphatic imine (C=N–C) groups is 1. The van der Waals surface area contributed by atoms with Gasteiger partial charge in [-0.2, -0.15) is 0 Å². The third kappa shape index (κ3) is 4.65. The van der Waals surface area contributed by atoms with E-state index in [9.17, 15) is 0 Å². The number of likely N-dealkylation sites (N-methyl/N-ethyl adjacent to an activating group) is 1. The van der Waals surface area contributed by atoms with Crippen LogP contribution in [0.5, 0.6) is 0 Å². The van der Waals surface area contributed by atoms with Crippen molar-refractivity contribution < 1.29 is 0 Å². The highest BCUT2D eigenvalue weighted by molar-refractivity contribution is 5.78. The van der Waals surface area contributed by atoms with Gasteiger partial charge in [0.1, 0.15) is 0 Å². The molecule has 0 saturated carbocycles. The van der Waals surface area contributed by atoms with Crippen LogP contribution in [0.2, 0.25) is 0 Å². The van der Waals surface area contributed by atoms with Gasteiger partial charge >= 0.3 is 0 Å². The number of guanidine groups is 1. The van der Waals surface area contributed by atoms with Gasteiger partial charge in [-0.05, 0) is 32.9 Å². The third-order valence-corrected chi connectivity index (χ3v) is 2.79. The third-order valence-electron chi connectivity index (χ3n) is 2.79. The monoisotopic (exact) mass is 248 g/mol. The molecule has 1 aromatic carbocycles. The Labute approximate surface area is 110 Å². The second-order valence-corrected chi connectivity index (χ2v) is 4.82. The van der Waals surface area contributed by atoms with Gasteiger partial charge in [-0.1, -0.05) is 18.2 Å². The first-order valence-corrected chi connectivity index (χ1v) is 6.35. The highest BCUT2D eigenvalue weighted by Crippen LogP contribution is 2.13. The zero-order valence-corrected chi connectivity index (χ0v) is 11.7. The van der Waals surface area contributed by atoms with Gasteiger partial charge in [-0.15, -0.1) is 0 Å². The van der Waals surface area contributed by atoms with E-state index in [-0.39, 0.29) is 0 Å². The maximum atomic E-state index is 5.78. The molecule has 18 heavy (non-hydrogen) atoms.